The molecule has 2 aromatic carbocycles. The van der Waals surface area contributed by atoms with Gasteiger partial charge in [-0.05, 0) is 55.5 Å². The molecule has 0 atom stereocenters. The average molecular weight is 476 g/mol. The fraction of sp³-hybridized carbons (Fsp3) is 0.407. The number of nitrogens with zero attached hydrogens (tertiary/aromatic N) is 4. The first-order valence-corrected chi connectivity index (χ1v) is 12.3. The summed E-state index contributed by atoms with van der Waals surface area (Å²) in [6.45, 7) is 5.22. The lowest BCUT2D eigenvalue weighted by Gasteiger charge is -2.31. The molecule has 0 spiro atoms. The topological polar surface area (TPSA) is 83.0 Å². The van der Waals surface area contributed by atoms with Crippen LogP contribution in [0.3, 0.4) is 0 Å². The number of aliphatic hydroxyl groups excluding tert-OH is 1. The Labute approximate surface area is 206 Å². The van der Waals surface area contributed by atoms with Crippen molar-refractivity contribution in [3.63, 3.8) is 0 Å². The molecule has 1 aliphatic carbocycles. The lowest BCUT2D eigenvalue weighted by molar-refractivity contribution is 0.119. The van der Waals surface area contributed by atoms with Gasteiger partial charge in [0, 0.05) is 55.5 Å². The Morgan fingerprint density at radius 2 is 1.97 bits per heavy atom. The van der Waals surface area contributed by atoms with Crippen molar-refractivity contribution in [3.05, 3.63) is 59.8 Å². The van der Waals surface area contributed by atoms with Gasteiger partial charge in [0.1, 0.15) is 11.6 Å². The number of ether oxygens (including phenoxy) is 2. The normalized spacial score (nSPS) is 16.0. The molecule has 8 nitrogen and oxygen atoms in total. The van der Waals surface area contributed by atoms with Crippen molar-refractivity contribution < 1.29 is 14.6 Å². The minimum Gasteiger partial charge on any atom is -0.490 e. The van der Waals surface area contributed by atoms with Crippen LogP contribution in [0.1, 0.15) is 30.4 Å². The third kappa shape index (κ3) is 5.49. The minimum atomic E-state index is 0.00242. The summed E-state index contributed by atoms with van der Waals surface area (Å²) in [5.41, 5.74) is 4.96. The minimum absolute atomic E-state index is 0.00242. The molecule has 8 heteroatoms. The van der Waals surface area contributed by atoms with E-state index in [-0.39, 0.29) is 6.61 Å². The van der Waals surface area contributed by atoms with E-state index in [9.17, 15) is 5.11 Å². The highest BCUT2D eigenvalue weighted by Gasteiger charge is 2.21. The maximum atomic E-state index is 9.55. The summed E-state index contributed by atoms with van der Waals surface area (Å²) < 4.78 is 11.8. The zero-order valence-corrected chi connectivity index (χ0v) is 20.4. The van der Waals surface area contributed by atoms with Crippen molar-refractivity contribution in [1.82, 2.24) is 9.97 Å². The Kier molecular flexibility index (Phi) is 7.01. The highest BCUT2D eigenvalue weighted by Crippen LogP contribution is 2.33. The molecule has 0 radical (unpaired) electrons. The summed E-state index contributed by atoms with van der Waals surface area (Å²) in [6, 6.07) is 14.1. The van der Waals surface area contributed by atoms with Gasteiger partial charge in [-0.3, -0.25) is 0 Å². The summed E-state index contributed by atoms with van der Waals surface area (Å²) in [5.74, 6) is 2.14. The number of aryl methyl sites for hydroxylation is 1. The lowest BCUT2D eigenvalue weighted by atomic mass is 9.96. The molecule has 3 aromatic rings. The van der Waals surface area contributed by atoms with Crippen LogP contribution < -0.4 is 19.9 Å². The van der Waals surface area contributed by atoms with Gasteiger partial charge in [-0.25, -0.2) is 4.98 Å². The third-order valence-corrected chi connectivity index (χ3v) is 6.68. The molecule has 2 heterocycles. The van der Waals surface area contributed by atoms with Crippen LogP contribution in [-0.2, 0) is 11.3 Å². The molecule has 0 bridgehead atoms. The van der Waals surface area contributed by atoms with Crippen molar-refractivity contribution >= 4 is 28.8 Å². The van der Waals surface area contributed by atoms with E-state index in [1.54, 1.807) is 6.20 Å². The molecule has 35 heavy (non-hydrogen) atoms. The van der Waals surface area contributed by atoms with Crippen LogP contribution in [0.25, 0.3) is 0 Å². The standard InChI is InChI=1S/C27H33N5O3/c1-19-6-7-20(18-33)14-25(19)31(2)26-8-9-28-27(30-26)29-21-15-22(32-10-12-34-13-11-32)17-24(16-21)35-23-4-3-5-23/h6-9,14-17,23,33H,3-5,10-13,18H2,1-2H3,(H,28,29,30). The predicted octanol–water partition coefficient (Wildman–Crippen LogP) is 4.56. The quantitative estimate of drug-likeness (QED) is 0.491. The van der Waals surface area contributed by atoms with Crippen LogP contribution in [0.5, 0.6) is 5.75 Å². The molecule has 0 amide bonds. The molecular weight excluding hydrogens is 442 g/mol. The zero-order chi connectivity index (χ0) is 24.2. The largest absolute Gasteiger partial charge is 0.490 e. The highest BCUT2D eigenvalue weighted by atomic mass is 16.5. The molecule has 2 N–H and O–H groups in total. The Morgan fingerprint density at radius 3 is 2.71 bits per heavy atom. The van der Waals surface area contributed by atoms with Crippen LogP contribution in [0, 0.1) is 6.92 Å². The second-order valence-electron chi connectivity index (χ2n) is 9.19. The maximum absolute atomic E-state index is 9.55. The van der Waals surface area contributed by atoms with Gasteiger partial charge in [0.15, 0.2) is 0 Å². The maximum Gasteiger partial charge on any atom is 0.229 e. The Bertz CT molecular complexity index is 1160. The van der Waals surface area contributed by atoms with Crippen LogP contribution in [0.15, 0.2) is 48.7 Å². The first-order chi connectivity index (χ1) is 17.1. The number of aromatic nitrogens is 2. The van der Waals surface area contributed by atoms with Crippen LogP contribution >= 0.6 is 0 Å². The fourth-order valence-electron chi connectivity index (χ4n) is 4.37. The molecular formula is C27H33N5O3. The summed E-state index contributed by atoms with van der Waals surface area (Å²) in [6.07, 6.45) is 5.50. The van der Waals surface area contributed by atoms with E-state index in [1.165, 1.54) is 6.42 Å². The lowest BCUT2D eigenvalue weighted by Crippen LogP contribution is -2.36. The summed E-state index contributed by atoms with van der Waals surface area (Å²) in [4.78, 5) is 13.6. The van der Waals surface area contributed by atoms with Gasteiger partial charge < -0.3 is 29.7 Å². The van der Waals surface area contributed by atoms with Gasteiger partial charge >= 0.3 is 0 Å². The Balaban J connectivity index is 1.40. The number of hydrogen-bond donors (Lipinski definition) is 2. The van der Waals surface area contributed by atoms with Crippen LogP contribution in [0.2, 0.25) is 0 Å². The second-order valence-corrected chi connectivity index (χ2v) is 9.19. The number of hydrogen-bond acceptors (Lipinski definition) is 8. The van der Waals surface area contributed by atoms with Crippen LogP contribution in [0.4, 0.5) is 28.8 Å². The van der Waals surface area contributed by atoms with E-state index in [0.717, 1.165) is 78.9 Å². The number of anilines is 5. The smallest absolute Gasteiger partial charge is 0.229 e. The van der Waals surface area contributed by atoms with E-state index in [0.29, 0.717) is 12.1 Å². The predicted molar refractivity (Wildman–Crippen MR) is 138 cm³/mol. The number of rotatable bonds is 8. The highest BCUT2D eigenvalue weighted by molar-refractivity contribution is 5.68. The molecule has 5 rings (SSSR count). The van der Waals surface area contributed by atoms with Gasteiger partial charge in [0.25, 0.3) is 0 Å². The average Bonchev–Trinajstić information content (AvgIpc) is 2.87. The van der Waals surface area contributed by atoms with Crippen molar-refractivity contribution in [2.45, 2.75) is 38.9 Å². The summed E-state index contributed by atoms with van der Waals surface area (Å²) >= 11 is 0. The number of morpholine rings is 1. The molecule has 1 saturated carbocycles. The molecule has 2 fully saturated rings. The molecule has 1 aliphatic heterocycles. The first-order valence-electron chi connectivity index (χ1n) is 12.3. The van der Waals surface area contributed by atoms with Gasteiger partial charge in [-0.1, -0.05) is 12.1 Å². The van der Waals surface area contributed by atoms with Gasteiger partial charge in [-0.2, -0.15) is 4.98 Å². The van der Waals surface area contributed by atoms with Crippen LogP contribution in [-0.4, -0.2) is 54.5 Å². The monoisotopic (exact) mass is 475 g/mol. The molecule has 184 valence electrons. The number of benzene rings is 2. The van der Waals surface area contributed by atoms with Crippen molar-refractivity contribution in [2.24, 2.45) is 0 Å². The fourth-order valence-corrected chi connectivity index (χ4v) is 4.37. The SMILES string of the molecule is Cc1ccc(CO)cc1N(C)c1ccnc(Nc2cc(OC3CCC3)cc(N3CCOCC3)c2)n1. The molecule has 2 aliphatic rings. The van der Waals surface area contributed by atoms with Gasteiger partial charge in [-0.15, -0.1) is 0 Å². The van der Waals surface area contributed by atoms with Gasteiger partial charge in [0.05, 0.1) is 25.9 Å². The van der Waals surface area contributed by atoms with E-state index in [2.05, 4.69) is 27.3 Å². The molecule has 1 saturated heterocycles. The Morgan fingerprint density at radius 1 is 1.14 bits per heavy atom. The second kappa shape index (κ2) is 10.5. The van der Waals surface area contributed by atoms with E-state index in [4.69, 9.17) is 14.5 Å². The van der Waals surface area contributed by atoms with E-state index < -0.39 is 0 Å². The third-order valence-electron chi connectivity index (χ3n) is 6.68. The first kappa shape index (κ1) is 23.4. The number of nitrogens with one attached hydrogen (secondary N) is 1. The van der Waals surface area contributed by atoms with E-state index >= 15 is 0 Å². The van der Waals surface area contributed by atoms with Gasteiger partial charge in [0.2, 0.25) is 5.95 Å². The summed E-state index contributed by atoms with van der Waals surface area (Å²) in [7, 11) is 1.97. The van der Waals surface area contributed by atoms with Crippen molar-refractivity contribution in [1.29, 1.82) is 0 Å². The van der Waals surface area contributed by atoms with E-state index in [1.807, 2.05) is 49.2 Å². The van der Waals surface area contributed by atoms with Crippen molar-refractivity contribution in [3.8, 4) is 5.75 Å². The zero-order valence-electron chi connectivity index (χ0n) is 20.4. The molecule has 0 unspecified atom stereocenters. The Hall–Kier alpha value is -3.36. The summed E-state index contributed by atoms with van der Waals surface area (Å²) in [5, 5.41) is 12.9. The number of aliphatic hydroxyl groups is 1. The van der Waals surface area contributed by atoms with Crippen molar-refractivity contribution in [2.75, 3.05) is 48.5 Å². The molecule has 1 aromatic heterocycles.